The van der Waals surface area contributed by atoms with Crippen LogP contribution in [0.25, 0.3) is 0 Å². The molecule has 1 aromatic heterocycles. The molecule has 0 spiro atoms. The third-order valence-electron chi connectivity index (χ3n) is 4.43. The molecule has 1 aromatic rings. The molecule has 2 unspecified atom stereocenters. The molecule has 1 saturated heterocycles. The monoisotopic (exact) mass is 275 g/mol. The summed E-state index contributed by atoms with van der Waals surface area (Å²) in [5.74, 6) is 0.765. The summed E-state index contributed by atoms with van der Waals surface area (Å²) in [7, 11) is 0. The molecule has 0 bridgehead atoms. The van der Waals surface area contributed by atoms with Crippen LogP contribution in [0.2, 0.25) is 0 Å². The first-order valence-electron chi connectivity index (χ1n) is 8.10. The van der Waals surface area contributed by atoms with Gasteiger partial charge in [0.25, 0.3) is 0 Å². The third kappa shape index (κ3) is 4.29. The fourth-order valence-electron chi connectivity index (χ4n) is 3.27. The second-order valence-corrected chi connectivity index (χ2v) is 6.13. The quantitative estimate of drug-likeness (QED) is 0.864. The number of nitrogens with zero attached hydrogens (tertiary/aromatic N) is 2. The van der Waals surface area contributed by atoms with Crippen LogP contribution >= 0.6 is 0 Å². The lowest BCUT2D eigenvalue weighted by Gasteiger charge is -2.37. The molecule has 0 aromatic carbocycles. The fraction of sp³-hybridized carbons (Fsp3) is 0.706. The summed E-state index contributed by atoms with van der Waals surface area (Å²) >= 11 is 0. The Morgan fingerprint density at radius 1 is 1.40 bits per heavy atom. The molecule has 1 N–H and O–H groups in total. The summed E-state index contributed by atoms with van der Waals surface area (Å²) in [6.07, 6.45) is 5.83. The molecule has 0 radical (unpaired) electrons. The first kappa shape index (κ1) is 15.5. The van der Waals surface area contributed by atoms with E-state index in [9.17, 15) is 0 Å². The summed E-state index contributed by atoms with van der Waals surface area (Å²) in [6, 6.07) is 7.02. The van der Waals surface area contributed by atoms with Gasteiger partial charge in [0.15, 0.2) is 0 Å². The molecule has 112 valence electrons. The van der Waals surface area contributed by atoms with Crippen LogP contribution in [0, 0.1) is 5.92 Å². The molecule has 1 fully saturated rings. The van der Waals surface area contributed by atoms with E-state index in [0.29, 0.717) is 12.1 Å². The number of rotatable bonds is 6. The molecule has 0 saturated carbocycles. The van der Waals surface area contributed by atoms with Crippen molar-refractivity contribution in [3.63, 3.8) is 0 Å². The van der Waals surface area contributed by atoms with Crippen LogP contribution in [0.4, 0.5) is 0 Å². The van der Waals surface area contributed by atoms with Crippen LogP contribution in [-0.2, 0) is 0 Å². The first-order valence-corrected chi connectivity index (χ1v) is 8.10. The topological polar surface area (TPSA) is 28.2 Å². The van der Waals surface area contributed by atoms with Crippen LogP contribution in [0.15, 0.2) is 24.4 Å². The van der Waals surface area contributed by atoms with Crippen LogP contribution in [0.5, 0.6) is 0 Å². The van der Waals surface area contributed by atoms with E-state index in [1.165, 1.54) is 38.9 Å². The van der Waals surface area contributed by atoms with E-state index in [-0.39, 0.29) is 0 Å². The van der Waals surface area contributed by atoms with E-state index >= 15 is 0 Å². The van der Waals surface area contributed by atoms with Crippen LogP contribution in [0.3, 0.4) is 0 Å². The normalized spacial score (nSPS) is 23.4. The summed E-state index contributed by atoms with van der Waals surface area (Å²) < 4.78 is 0. The van der Waals surface area contributed by atoms with Crippen molar-refractivity contribution in [2.24, 2.45) is 5.92 Å². The Kier molecular flexibility index (Phi) is 5.99. The van der Waals surface area contributed by atoms with Gasteiger partial charge in [-0.1, -0.05) is 13.0 Å². The maximum atomic E-state index is 4.45. The largest absolute Gasteiger partial charge is 0.306 e. The Hall–Kier alpha value is -0.930. The predicted molar refractivity (Wildman–Crippen MR) is 84.7 cm³/mol. The summed E-state index contributed by atoms with van der Waals surface area (Å²) in [5.41, 5.74) is 1.14. The van der Waals surface area contributed by atoms with Crippen molar-refractivity contribution in [3.8, 4) is 0 Å². The second kappa shape index (κ2) is 7.75. The Morgan fingerprint density at radius 3 is 2.95 bits per heavy atom. The molecule has 2 rings (SSSR count). The van der Waals surface area contributed by atoms with Crippen molar-refractivity contribution >= 4 is 0 Å². The highest BCUT2D eigenvalue weighted by atomic mass is 15.1. The molecule has 3 atom stereocenters. The first-order chi connectivity index (χ1) is 9.70. The minimum Gasteiger partial charge on any atom is -0.306 e. The summed E-state index contributed by atoms with van der Waals surface area (Å²) in [6.45, 7) is 10.6. The average molecular weight is 275 g/mol. The fourth-order valence-corrected chi connectivity index (χ4v) is 3.27. The molecular formula is C17H29N3. The lowest BCUT2D eigenvalue weighted by atomic mass is 9.91. The third-order valence-corrected chi connectivity index (χ3v) is 4.43. The van der Waals surface area contributed by atoms with Gasteiger partial charge in [-0.05, 0) is 64.3 Å². The van der Waals surface area contributed by atoms with Crippen LogP contribution in [0.1, 0.15) is 51.8 Å². The van der Waals surface area contributed by atoms with Gasteiger partial charge in [0.2, 0.25) is 0 Å². The zero-order chi connectivity index (χ0) is 14.4. The van der Waals surface area contributed by atoms with Gasteiger partial charge in [0.1, 0.15) is 0 Å². The minimum absolute atomic E-state index is 0.327. The number of pyridine rings is 1. The Balaban J connectivity index is 1.86. The standard InChI is InChI=1S/C17H29N3/c1-4-11-20-12-7-8-16(13-20)14(2)19-15(3)17-9-5-6-10-18-17/h5-6,9-10,14-16,19H,4,7-8,11-13H2,1-3H3/t14?,15-,16?/m1/s1. The van der Waals surface area contributed by atoms with E-state index in [1.807, 2.05) is 12.3 Å². The highest BCUT2D eigenvalue weighted by molar-refractivity contribution is 5.08. The Morgan fingerprint density at radius 2 is 2.25 bits per heavy atom. The van der Waals surface area contributed by atoms with Crippen LogP contribution in [-0.4, -0.2) is 35.6 Å². The molecule has 3 heteroatoms. The molecule has 20 heavy (non-hydrogen) atoms. The van der Waals surface area contributed by atoms with Crippen molar-refractivity contribution in [3.05, 3.63) is 30.1 Å². The van der Waals surface area contributed by atoms with Gasteiger partial charge in [0, 0.05) is 24.8 Å². The van der Waals surface area contributed by atoms with Crippen molar-refractivity contribution < 1.29 is 0 Å². The Bertz CT molecular complexity index is 377. The zero-order valence-corrected chi connectivity index (χ0v) is 13.2. The maximum Gasteiger partial charge on any atom is 0.0570 e. The SMILES string of the molecule is CCCN1CCCC(C(C)N[C@H](C)c2ccccn2)C1. The van der Waals surface area contributed by atoms with Gasteiger partial charge in [-0.3, -0.25) is 4.98 Å². The Labute approximate surface area is 123 Å². The van der Waals surface area contributed by atoms with E-state index < -0.39 is 0 Å². The highest BCUT2D eigenvalue weighted by Crippen LogP contribution is 2.22. The molecule has 0 aliphatic carbocycles. The second-order valence-electron chi connectivity index (χ2n) is 6.13. The van der Waals surface area contributed by atoms with Crippen molar-refractivity contribution in [2.75, 3.05) is 19.6 Å². The summed E-state index contributed by atoms with van der Waals surface area (Å²) in [4.78, 5) is 7.07. The average Bonchev–Trinajstić information content (AvgIpc) is 2.48. The number of likely N-dealkylation sites (tertiary alicyclic amines) is 1. The lowest BCUT2D eigenvalue weighted by molar-refractivity contribution is 0.147. The van der Waals surface area contributed by atoms with E-state index in [1.54, 1.807) is 0 Å². The van der Waals surface area contributed by atoms with Crippen molar-refractivity contribution in [1.82, 2.24) is 15.2 Å². The number of nitrogens with one attached hydrogen (secondary N) is 1. The number of piperidine rings is 1. The lowest BCUT2D eigenvalue weighted by Crippen LogP contribution is -2.45. The van der Waals surface area contributed by atoms with Gasteiger partial charge in [-0.25, -0.2) is 0 Å². The van der Waals surface area contributed by atoms with E-state index in [2.05, 4.69) is 48.1 Å². The van der Waals surface area contributed by atoms with Crippen LogP contribution < -0.4 is 5.32 Å². The van der Waals surface area contributed by atoms with Gasteiger partial charge >= 0.3 is 0 Å². The van der Waals surface area contributed by atoms with E-state index in [0.717, 1.165) is 11.6 Å². The molecule has 2 heterocycles. The van der Waals surface area contributed by atoms with Gasteiger partial charge in [-0.15, -0.1) is 0 Å². The van der Waals surface area contributed by atoms with E-state index in [4.69, 9.17) is 0 Å². The van der Waals surface area contributed by atoms with Gasteiger partial charge < -0.3 is 10.2 Å². The molecule has 0 amide bonds. The minimum atomic E-state index is 0.327. The molecular weight excluding hydrogens is 246 g/mol. The molecule has 1 aliphatic rings. The molecule has 1 aliphatic heterocycles. The highest BCUT2D eigenvalue weighted by Gasteiger charge is 2.25. The predicted octanol–water partition coefficient (Wildman–Crippen LogP) is 3.24. The summed E-state index contributed by atoms with van der Waals surface area (Å²) in [5, 5.41) is 3.74. The molecule has 3 nitrogen and oxygen atoms in total. The van der Waals surface area contributed by atoms with Gasteiger partial charge in [0.05, 0.1) is 5.69 Å². The van der Waals surface area contributed by atoms with Crippen molar-refractivity contribution in [1.29, 1.82) is 0 Å². The maximum absolute atomic E-state index is 4.45. The zero-order valence-electron chi connectivity index (χ0n) is 13.2. The number of aromatic nitrogens is 1. The number of hydrogen-bond donors (Lipinski definition) is 1. The van der Waals surface area contributed by atoms with Gasteiger partial charge in [-0.2, -0.15) is 0 Å². The number of hydrogen-bond acceptors (Lipinski definition) is 3. The van der Waals surface area contributed by atoms with Crippen molar-refractivity contribution in [2.45, 2.75) is 52.1 Å². The smallest absolute Gasteiger partial charge is 0.0570 e.